The molecule has 1 aliphatic heterocycles. The van der Waals surface area contributed by atoms with Crippen molar-refractivity contribution in [2.75, 3.05) is 18.1 Å². The van der Waals surface area contributed by atoms with Crippen LogP contribution in [0.2, 0.25) is 0 Å². The van der Waals surface area contributed by atoms with Gasteiger partial charge in [-0.25, -0.2) is 15.0 Å². The number of amides is 2. The minimum absolute atomic E-state index is 0.0589. The smallest absolute Gasteiger partial charge is 0.249 e. The number of hydrogen-bond acceptors (Lipinski definition) is 9. The number of carbonyl (C=O) groups excluding carboxylic acids is 3. The molecule has 3 aromatic heterocycles. The Bertz CT molecular complexity index is 1970. The fourth-order valence-electron chi connectivity index (χ4n) is 7.15. The zero-order chi connectivity index (χ0) is 35.6. The maximum atomic E-state index is 14.0. The van der Waals surface area contributed by atoms with Crippen molar-refractivity contribution in [2.45, 2.75) is 77.9 Å². The molecule has 11 nitrogen and oxygen atoms in total. The van der Waals surface area contributed by atoms with Crippen LogP contribution in [0.3, 0.4) is 0 Å². The second-order valence-electron chi connectivity index (χ2n) is 13.3. The lowest BCUT2D eigenvalue weighted by Crippen LogP contribution is -2.48. The number of anilines is 1. The zero-order valence-corrected chi connectivity index (χ0v) is 30.3. The summed E-state index contributed by atoms with van der Waals surface area (Å²) in [7, 11) is 0. The van der Waals surface area contributed by atoms with E-state index in [0.29, 0.717) is 53.2 Å². The van der Waals surface area contributed by atoms with E-state index in [4.69, 9.17) is 9.72 Å². The number of ether oxygens (including phenoxy) is 1. The lowest BCUT2D eigenvalue weighted by Gasteiger charge is -2.28. The molecule has 2 amide bonds. The first-order valence-electron chi connectivity index (χ1n) is 16.9. The van der Waals surface area contributed by atoms with Gasteiger partial charge in [-0.15, -0.1) is 13.2 Å². The second-order valence-corrected chi connectivity index (χ2v) is 14.2. The summed E-state index contributed by atoms with van der Waals surface area (Å²) in [6.07, 6.45) is 11.9. The number of unbranched alkanes of at least 4 members (excludes halogenated alkanes) is 2. The fourth-order valence-corrected chi connectivity index (χ4v) is 7.45. The van der Waals surface area contributed by atoms with Gasteiger partial charge in [-0.2, -0.15) is 5.10 Å². The van der Waals surface area contributed by atoms with Crippen LogP contribution in [0.5, 0.6) is 0 Å². The molecule has 4 aromatic rings. The van der Waals surface area contributed by atoms with E-state index in [0.717, 1.165) is 47.9 Å². The van der Waals surface area contributed by atoms with Gasteiger partial charge in [0.15, 0.2) is 5.78 Å². The Morgan fingerprint density at radius 1 is 1.08 bits per heavy atom. The van der Waals surface area contributed by atoms with E-state index < -0.39 is 17.9 Å². The summed E-state index contributed by atoms with van der Waals surface area (Å²) in [4.78, 5) is 56.1. The number of aryl methyl sites for hydroxylation is 3. The number of imide groups is 1. The minimum atomic E-state index is -0.618. The molecule has 0 unspecified atom stereocenters. The number of allylic oxidation sites excluding steroid dienone is 1. The lowest BCUT2D eigenvalue weighted by molar-refractivity contribution is -0.131. The molecule has 1 saturated heterocycles. The summed E-state index contributed by atoms with van der Waals surface area (Å²) in [5, 5.41) is 7.95. The van der Waals surface area contributed by atoms with Crippen molar-refractivity contribution in [3.63, 3.8) is 0 Å². The molecular weight excluding hydrogens is 698 g/mol. The molecule has 6 rings (SSSR count). The third-order valence-corrected chi connectivity index (χ3v) is 10.1. The molecule has 2 aliphatic rings. The number of benzene rings is 1. The molecule has 3 atom stereocenters. The third kappa shape index (κ3) is 7.18. The van der Waals surface area contributed by atoms with Crippen molar-refractivity contribution < 1.29 is 19.1 Å². The number of halogens is 1. The van der Waals surface area contributed by atoms with Crippen molar-refractivity contribution in [1.29, 1.82) is 0 Å². The van der Waals surface area contributed by atoms with E-state index in [9.17, 15) is 14.4 Å². The maximum absolute atomic E-state index is 14.0. The van der Waals surface area contributed by atoms with Gasteiger partial charge < -0.3 is 9.64 Å². The van der Waals surface area contributed by atoms with Gasteiger partial charge in [0, 0.05) is 41.7 Å². The van der Waals surface area contributed by atoms with Crippen molar-refractivity contribution >= 4 is 50.2 Å². The average Bonchev–Trinajstić information content (AvgIpc) is 3.50. The van der Waals surface area contributed by atoms with E-state index >= 15 is 0 Å². The van der Waals surface area contributed by atoms with Gasteiger partial charge in [0.05, 0.1) is 18.7 Å². The van der Waals surface area contributed by atoms with Crippen molar-refractivity contribution in [3.8, 4) is 11.1 Å². The third-order valence-electron chi connectivity index (χ3n) is 9.66. The minimum Gasteiger partial charge on any atom is -0.377 e. The van der Waals surface area contributed by atoms with Crippen LogP contribution < -0.4 is 10.2 Å². The number of ketones is 1. The summed E-state index contributed by atoms with van der Waals surface area (Å²) in [6, 6.07) is 7.24. The predicted octanol–water partition coefficient (Wildman–Crippen LogP) is 6.25. The highest BCUT2D eigenvalue weighted by Crippen LogP contribution is 2.60. The van der Waals surface area contributed by atoms with Gasteiger partial charge in [0.2, 0.25) is 11.8 Å². The number of carbonyl (C=O) groups is 3. The molecule has 1 saturated carbocycles. The highest BCUT2D eigenvalue weighted by atomic mass is 79.9. The summed E-state index contributed by atoms with van der Waals surface area (Å²) in [5.74, 6) is 0.233. The zero-order valence-electron chi connectivity index (χ0n) is 28.7. The molecule has 50 heavy (non-hydrogen) atoms. The van der Waals surface area contributed by atoms with Crippen molar-refractivity contribution in [1.82, 2.24) is 30.0 Å². The Labute approximate surface area is 300 Å². The molecule has 0 bridgehead atoms. The van der Waals surface area contributed by atoms with Crippen LogP contribution >= 0.6 is 15.9 Å². The Morgan fingerprint density at radius 3 is 2.58 bits per heavy atom. The Kier molecular flexibility index (Phi) is 10.4. The number of nitrogens with zero attached hydrogens (tertiary/aromatic N) is 6. The van der Waals surface area contributed by atoms with Crippen molar-refractivity contribution in [3.05, 3.63) is 89.2 Å². The number of nitrogens with one attached hydrogen (secondary N) is 1. The normalized spacial score (nSPS) is 19.3. The van der Waals surface area contributed by atoms with Gasteiger partial charge in [0.25, 0.3) is 0 Å². The molecule has 2 fully saturated rings. The largest absolute Gasteiger partial charge is 0.377 e. The number of fused-ring (bicyclic) bond motifs is 2. The maximum Gasteiger partial charge on any atom is 0.249 e. The van der Waals surface area contributed by atoms with Crippen LogP contribution in [0.25, 0.3) is 22.0 Å². The highest BCUT2D eigenvalue weighted by Gasteiger charge is 2.66. The van der Waals surface area contributed by atoms with E-state index in [1.54, 1.807) is 23.2 Å². The molecule has 4 heterocycles. The summed E-state index contributed by atoms with van der Waals surface area (Å²) in [6.45, 7) is 13.5. The Balaban J connectivity index is 1.30. The molecular formula is C38H42BrN7O4. The van der Waals surface area contributed by atoms with E-state index in [-0.39, 0.29) is 29.5 Å². The van der Waals surface area contributed by atoms with E-state index in [1.165, 1.54) is 6.92 Å². The van der Waals surface area contributed by atoms with Gasteiger partial charge in [-0.3, -0.25) is 24.4 Å². The van der Waals surface area contributed by atoms with Gasteiger partial charge in [-0.05, 0) is 103 Å². The molecule has 1 aliphatic carbocycles. The lowest BCUT2D eigenvalue weighted by atomic mass is 9.97. The van der Waals surface area contributed by atoms with Gasteiger partial charge in [0.1, 0.15) is 34.5 Å². The number of rotatable bonds is 15. The Morgan fingerprint density at radius 2 is 1.86 bits per heavy atom. The van der Waals surface area contributed by atoms with E-state index in [2.05, 4.69) is 60.4 Å². The van der Waals surface area contributed by atoms with Gasteiger partial charge in [-0.1, -0.05) is 18.2 Å². The topological polar surface area (TPSA) is 132 Å². The molecule has 0 spiro atoms. The number of aromatic nitrogens is 5. The summed E-state index contributed by atoms with van der Waals surface area (Å²) >= 11 is 3.48. The molecule has 1 N–H and O–H groups in total. The first-order chi connectivity index (χ1) is 24.0. The van der Waals surface area contributed by atoms with Crippen LogP contribution in [0.15, 0.2) is 66.6 Å². The number of pyridine rings is 1. The molecule has 12 heteroatoms. The monoisotopic (exact) mass is 739 g/mol. The fraction of sp³-hybridized carbons (Fsp3) is 0.395. The van der Waals surface area contributed by atoms with Crippen LogP contribution in [0.4, 0.5) is 5.82 Å². The number of hydrogen-bond donors (Lipinski definition) is 1. The molecule has 260 valence electrons. The molecule has 1 aromatic carbocycles. The number of piperidine rings is 1. The quantitative estimate of drug-likeness (QED) is 0.0650. The van der Waals surface area contributed by atoms with Crippen LogP contribution in [-0.4, -0.2) is 67.6 Å². The van der Waals surface area contributed by atoms with Crippen LogP contribution in [0.1, 0.15) is 66.5 Å². The molecule has 0 radical (unpaired) electrons. The Hall–Kier alpha value is -4.55. The average molecular weight is 741 g/mol. The van der Waals surface area contributed by atoms with E-state index in [1.807, 2.05) is 38.1 Å². The highest BCUT2D eigenvalue weighted by molar-refractivity contribution is 9.10. The van der Waals surface area contributed by atoms with Crippen LogP contribution in [-0.2, 0) is 27.3 Å². The number of Topliss-reactive ketones (excluding diaryl/α,β-unsaturated/α-hetero) is 1. The van der Waals surface area contributed by atoms with Crippen molar-refractivity contribution in [2.24, 2.45) is 5.41 Å². The summed E-state index contributed by atoms with van der Waals surface area (Å²) in [5.41, 5.74) is 4.31. The first kappa shape index (κ1) is 35.3. The first-order valence-corrected chi connectivity index (χ1v) is 17.7. The van der Waals surface area contributed by atoms with Crippen LogP contribution in [0, 0.1) is 19.3 Å². The van der Waals surface area contributed by atoms with Gasteiger partial charge >= 0.3 is 0 Å². The standard InChI is InChI=1S/C38H42BrN7O4/c1-6-8-9-10-11-26-15-27(28-19-40-25(5)41-20-28)16-29-34(24(4)47)44-45(35(26)29)21-33(48)43-37(49)30-17-38(22-50-14-7-2)18-31(38)46(30)36-23(3)12-13-32(39)42-36/h6-7,12-13,15-16,19-20,30-31H,1-2,8-11,14,17-18,21-22H2,3-5H3,(H,43,48,49)/t30-,31-,38-/m1/s1. The SMILES string of the molecule is C=CCCCCc1cc(-c2cnc(C)nc2)cc2c(C(C)=O)nn(CC(=O)NC(=O)[C@H]3C[C@]4(COCC=C)C[C@H]4N3c3nc(Br)ccc3C)c12. The predicted molar refractivity (Wildman–Crippen MR) is 196 cm³/mol. The second kappa shape index (κ2) is 14.7. The summed E-state index contributed by atoms with van der Waals surface area (Å²) < 4.78 is 8.09.